The minimum Gasteiger partial charge on any atom is -0.398 e. The molecule has 3 N–H and O–H groups in total. The van der Waals surface area contributed by atoms with Crippen molar-refractivity contribution >= 4 is 23.5 Å². The molecule has 1 aliphatic rings. The summed E-state index contributed by atoms with van der Waals surface area (Å²) < 4.78 is 0. The van der Waals surface area contributed by atoms with Crippen molar-refractivity contribution in [2.75, 3.05) is 43.4 Å². The third-order valence-electron chi connectivity index (χ3n) is 4.74. The molecule has 28 heavy (non-hydrogen) atoms. The van der Waals surface area contributed by atoms with Crippen LogP contribution in [0.1, 0.15) is 19.4 Å². The fraction of sp³-hybridized carbons (Fsp3) is 0.381. The molecule has 7 nitrogen and oxygen atoms in total. The van der Waals surface area contributed by atoms with E-state index >= 15 is 0 Å². The van der Waals surface area contributed by atoms with Crippen LogP contribution < -0.4 is 16.0 Å². The Balaban J connectivity index is 1.64. The van der Waals surface area contributed by atoms with E-state index < -0.39 is 0 Å². The third kappa shape index (κ3) is 4.86. The van der Waals surface area contributed by atoms with Gasteiger partial charge in [-0.2, -0.15) is 0 Å². The summed E-state index contributed by atoms with van der Waals surface area (Å²) in [5.41, 5.74) is 9.37. The van der Waals surface area contributed by atoms with Gasteiger partial charge in [0, 0.05) is 43.5 Å². The van der Waals surface area contributed by atoms with Crippen LogP contribution in [-0.4, -0.2) is 59.5 Å². The lowest BCUT2D eigenvalue weighted by Crippen LogP contribution is -2.50. The first-order valence-electron chi connectivity index (χ1n) is 9.57. The van der Waals surface area contributed by atoms with Crippen LogP contribution in [0.2, 0.25) is 0 Å². The minimum absolute atomic E-state index is 0.0748. The molecule has 1 aliphatic heterocycles. The Morgan fingerprint density at radius 2 is 2.04 bits per heavy atom. The van der Waals surface area contributed by atoms with Crippen molar-refractivity contribution in [1.82, 2.24) is 20.2 Å². The molecule has 0 aliphatic carbocycles. The summed E-state index contributed by atoms with van der Waals surface area (Å²) in [6, 6.07) is 5.98. The molecular weight excluding hydrogens is 352 g/mol. The van der Waals surface area contributed by atoms with Crippen LogP contribution in [0.3, 0.4) is 0 Å². The number of hydrogen-bond donors (Lipinski definition) is 2. The quantitative estimate of drug-likeness (QED) is 0.746. The average molecular weight is 380 g/mol. The van der Waals surface area contributed by atoms with E-state index in [1.165, 1.54) is 0 Å². The van der Waals surface area contributed by atoms with Crippen LogP contribution in [0, 0.1) is 0 Å². The number of benzene rings is 1. The van der Waals surface area contributed by atoms with Gasteiger partial charge in [0.1, 0.15) is 5.82 Å². The Kier molecular flexibility index (Phi) is 6.26. The summed E-state index contributed by atoms with van der Waals surface area (Å²) in [6.45, 7) is 11.4. The average Bonchev–Trinajstić information content (AvgIpc) is 2.68. The van der Waals surface area contributed by atoms with Crippen LogP contribution in [0.5, 0.6) is 0 Å². The maximum absolute atomic E-state index is 11.9. The van der Waals surface area contributed by atoms with E-state index in [9.17, 15) is 4.79 Å². The number of anilines is 2. The van der Waals surface area contributed by atoms with E-state index in [4.69, 9.17) is 10.7 Å². The van der Waals surface area contributed by atoms with Crippen LogP contribution in [0.25, 0.3) is 17.3 Å². The Labute approximate surface area is 166 Å². The molecule has 7 heteroatoms. The number of carbonyl (C=O) groups is 1. The van der Waals surface area contributed by atoms with Crippen molar-refractivity contribution in [3.63, 3.8) is 0 Å². The number of aromatic nitrogens is 2. The lowest BCUT2D eigenvalue weighted by molar-refractivity contribution is -0.122. The lowest BCUT2D eigenvalue weighted by Gasteiger charge is -2.35. The molecule has 0 unspecified atom stereocenters. The second kappa shape index (κ2) is 8.84. The summed E-state index contributed by atoms with van der Waals surface area (Å²) in [6.07, 6.45) is 5.27. The molecule has 2 heterocycles. The van der Waals surface area contributed by atoms with Gasteiger partial charge in [-0.1, -0.05) is 24.8 Å². The zero-order chi connectivity index (χ0) is 20.1. The van der Waals surface area contributed by atoms with Gasteiger partial charge in [-0.05, 0) is 25.5 Å². The molecule has 0 radical (unpaired) electrons. The number of carbonyl (C=O) groups excluding carboxylic acids is 1. The van der Waals surface area contributed by atoms with E-state index in [1.54, 1.807) is 18.5 Å². The molecule has 2 aromatic rings. The molecule has 148 valence electrons. The van der Waals surface area contributed by atoms with Crippen LogP contribution in [-0.2, 0) is 4.79 Å². The number of nitrogens with one attached hydrogen (secondary N) is 1. The number of nitrogens with two attached hydrogens (primary N) is 1. The van der Waals surface area contributed by atoms with Gasteiger partial charge in [0.15, 0.2) is 0 Å². The van der Waals surface area contributed by atoms with E-state index in [-0.39, 0.29) is 11.9 Å². The number of nitrogen functional groups attached to an aromatic ring is 1. The minimum atomic E-state index is 0.0748. The highest BCUT2D eigenvalue weighted by Gasteiger charge is 2.20. The maximum atomic E-state index is 11.9. The molecule has 0 bridgehead atoms. The number of rotatable bonds is 6. The van der Waals surface area contributed by atoms with E-state index in [0.29, 0.717) is 12.2 Å². The fourth-order valence-electron chi connectivity index (χ4n) is 3.27. The van der Waals surface area contributed by atoms with E-state index in [0.717, 1.165) is 48.8 Å². The first-order valence-corrected chi connectivity index (χ1v) is 9.57. The molecule has 1 amide bonds. The van der Waals surface area contributed by atoms with Gasteiger partial charge >= 0.3 is 0 Å². The summed E-state index contributed by atoms with van der Waals surface area (Å²) >= 11 is 0. The molecule has 0 spiro atoms. The molecule has 0 saturated carbocycles. The number of nitrogens with zero attached hydrogens (tertiary/aromatic N) is 4. The predicted octanol–water partition coefficient (Wildman–Crippen LogP) is 2.02. The van der Waals surface area contributed by atoms with Crippen molar-refractivity contribution in [2.45, 2.75) is 19.9 Å². The lowest BCUT2D eigenvalue weighted by atomic mass is 10.1. The Morgan fingerprint density at radius 3 is 2.68 bits per heavy atom. The SMILES string of the molecule is C=Cc1ccc(-c2cncc(N3CCN(CC(=O)NC(C)C)CC3)n2)cc1N. The van der Waals surface area contributed by atoms with Crippen molar-refractivity contribution in [3.05, 3.63) is 42.7 Å². The highest BCUT2D eigenvalue weighted by molar-refractivity contribution is 5.78. The predicted molar refractivity (Wildman–Crippen MR) is 114 cm³/mol. The smallest absolute Gasteiger partial charge is 0.234 e. The van der Waals surface area contributed by atoms with E-state index in [2.05, 4.69) is 26.7 Å². The molecular formula is C21H28N6O. The third-order valence-corrected chi connectivity index (χ3v) is 4.74. The summed E-state index contributed by atoms with van der Waals surface area (Å²) in [5, 5.41) is 2.94. The molecule has 0 atom stereocenters. The molecule has 3 rings (SSSR count). The van der Waals surface area contributed by atoms with Gasteiger partial charge in [0.2, 0.25) is 5.91 Å². The molecule has 1 fully saturated rings. The largest absolute Gasteiger partial charge is 0.398 e. The van der Waals surface area contributed by atoms with Gasteiger partial charge in [0.05, 0.1) is 24.6 Å². The van der Waals surface area contributed by atoms with Crippen molar-refractivity contribution in [3.8, 4) is 11.3 Å². The van der Waals surface area contributed by atoms with Gasteiger partial charge in [-0.25, -0.2) is 4.98 Å². The summed E-state index contributed by atoms with van der Waals surface area (Å²) in [5.74, 6) is 0.918. The van der Waals surface area contributed by atoms with Crippen molar-refractivity contribution in [2.24, 2.45) is 0 Å². The second-order valence-electron chi connectivity index (χ2n) is 7.30. The zero-order valence-corrected chi connectivity index (χ0v) is 16.6. The second-order valence-corrected chi connectivity index (χ2v) is 7.30. The van der Waals surface area contributed by atoms with Gasteiger partial charge < -0.3 is 16.0 Å². The van der Waals surface area contributed by atoms with Gasteiger partial charge in [0.25, 0.3) is 0 Å². The van der Waals surface area contributed by atoms with Crippen molar-refractivity contribution < 1.29 is 4.79 Å². The van der Waals surface area contributed by atoms with Gasteiger partial charge in [-0.15, -0.1) is 0 Å². The molecule has 1 aromatic carbocycles. The topological polar surface area (TPSA) is 87.4 Å². The molecule has 1 aromatic heterocycles. The number of piperazine rings is 1. The summed E-state index contributed by atoms with van der Waals surface area (Å²) in [7, 11) is 0. The highest BCUT2D eigenvalue weighted by atomic mass is 16.2. The van der Waals surface area contributed by atoms with Crippen LogP contribution in [0.15, 0.2) is 37.2 Å². The van der Waals surface area contributed by atoms with Crippen LogP contribution in [0.4, 0.5) is 11.5 Å². The van der Waals surface area contributed by atoms with Gasteiger partial charge in [-0.3, -0.25) is 14.7 Å². The summed E-state index contributed by atoms with van der Waals surface area (Å²) in [4.78, 5) is 25.5. The standard InChI is InChI=1S/C21H28N6O/c1-4-16-5-6-17(11-18(16)22)19-12-23-13-20(25-19)27-9-7-26(8-10-27)14-21(28)24-15(2)3/h4-6,11-13,15H,1,7-10,14,22H2,2-3H3,(H,24,28). The first-order chi connectivity index (χ1) is 13.5. The maximum Gasteiger partial charge on any atom is 0.234 e. The Morgan fingerprint density at radius 1 is 1.29 bits per heavy atom. The first kappa shape index (κ1) is 19.8. The fourth-order valence-corrected chi connectivity index (χ4v) is 3.27. The number of hydrogen-bond acceptors (Lipinski definition) is 6. The van der Waals surface area contributed by atoms with Crippen molar-refractivity contribution in [1.29, 1.82) is 0 Å². The highest BCUT2D eigenvalue weighted by Crippen LogP contribution is 2.24. The molecule has 1 saturated heterocycles. The van der Waals surface area contributed by atoms with Crippen LogP contribution >= 0.6 is 0 Å². The Hall–Kier alpha value is -2.93. The Bertz CT molecular complexity index is 843. The van der Waals surface area contributed by atoms with E-state index in [1.807, 2.05) is 32.0 Å². The monoisotopic (exact) mass is 380 g/mol. The number of amides is 1. The zero-order valence-electron chi connectivity index (χ0n) is 16.6. The normalized spacial score (nSPS) is 14.9.